The second-order valence-corrected chi connectivity index (χ2v) is 4.59. The maximum absolute atomic E-state index is 11.5. The van der Waals surface area contributed by atoms with Gasteiger partial charge in [-0.15, -0.1) is 3.97 Å². The monoisotopic (exact) mass is 220 g/mol. The van der Waals surface area contributed by atoms with Crippen LogP contribution in [-0.4, -0.2) is 40.7 Å². The molecule has 0 atom stereocenters. The molecular weight excluding hydrogens is 212 g/mol. The van der Waals surface area contributed by atoms with Crippen LogP contribution in [0.1, 0.15) is 0 Å². The molecule has 1 heterocycles. The lowest BCUT2D eigenvalue weighted by Gasteiger charge is -2.08. The van der Waals surface area contributed by atoms with Gasteiger partial charge in [-0.25, -0.2) is 0 Å². The van der Waals surface area contributed by atoms with Gasteiger partial charge in [0.2, 0.25) is 0 Å². The van der Waals surface area contributed by atoms with E-state index in [1.807, 2.05) is 0 Å². The smallest absolute Gasteiger partial charge is 0.390 e. The van der Waals surface area contributed by atoms with Crippen molar-refractivity contribution in [2.45, 2.75) is 0 Å². The van der Waals surface area contributed by atoms with Gasteiger partial charge in [0.05, 0.1) is 0 Å². The van der Waals surface area contributed by atoms with E-state index in [0.29, 0.717) is 3.97 Å². The fourth-order valence-corrected chi connectivity index (χ4v) is 1.65. The average molecular weight is 220 g/mol. The number of hydrogen-bond acceptors (Lipinski definition) is 5. The van der Waals surface area contributed by atoms with Gasteiger partial charge in [0, 0.05) is 14.1 Å². The van der Waals surface area contributed by atoms with Crippen molar-refractivity contribution in [3.63, 3.8) is 0 Å². The molecule has 0 saturated heterocycles. The summed E-state index contributed by atoms with van der Waals surface area (Å²) in [7, 11) is -1.31. The first kappa shape index (κ1) is 10.6. The molecule has 0 amide bonds. The zero-order valence-corrected chi connectivity index (χ0v) is 8.30. The highest BCUT2D eigenvalue weighted by Gasteiger charge is 2.28. The topological polar surface area (TPSA) is 98.3 Å². The van der Waals surface area contributed by atoms with Gasteiger partial charge >= 0.3 is 16.2 Å². The maximum Gasteiger partial charge on any atom is 0.450 e. The van der Waals surface area contributed by atoms with E-state index in [9.17, 15) is 18.5 Å². The van der Waals surface area contributed by atoms with Crippen molar-refractivity contribution in [1.29, 1.82) is 0 Å². The molecule has 9 heteroatoms. The molecule has 0 aromatic carbocycles. The lowest BCUT2D eigenvalue weighted by molar-refractivity contribution is -0.394. The predicted octanol–water partition coefficient (Wildman–Crippen LogP) is -0.554. The van der Waals surface area contributed by atoms with E-state index in [2.05, 4.69) is 4.98 Å². The average Bonchev–Trinajstić information content (AvgIpc) is 2.51. The Morgan fingerprint density at radius 1 is 1.57 bits per heavy atom. The van der Waals surface area contributed by atoms with Crippen molar-refractivity contribution >= 4 is 16.2 Å². The summed E-state index contributed by atoms with van der Waals surface area (Å²) in [6.07, 6.45) is 2.08. The Labute approximate surface area is 80.1 Å². The third-order valence-electron chi connectivity index (χ3n) is 1.46. The molecule has 1 aromatic heterocycles. The summed E-state index contributed by atoms with van der Waals surface area (Å²) >= 11 is 0. The molecule has 0 aliphatic rings. The Morgan fingerprint density at radius 2 is 2.14 bits per heavy atom. The van der Waals surface area contributed by atoms with Crippen molar-refractivity contribution in [1.82, 2.24) is 13.3 Å². The van der Waals surface area contributed by atoms with Crippen molar-refractivity contribution in [3.8, 4) is 0 Å². The Bertz CT molecular complexity index is 448. The second kappa shape index (κ2) is 3.35. The molecule has 0 spiro atoms. The van der Waals surface area contributed by atoms with E-state index in [1.165, 1.54) is 14.1 Å². The van der Waals surface area contributed by atoms with Gasteiger partial charge in [0.15, 0.2) is 0 Å². The fourth-order valence-electron chi connectivity index (χ4n) is 0.768. The molecule has 8 nitrogen and oxygen atoms in total. The third kappa shape index (κ3) is 1.59. The van der Waals surface area contributed by atoms with E-state index in [0.717, 1.165) is 16.7 Å². The minimum Gasteiger partial charge on any atom is -0.390 e. The van der Waals surface area contributed by atoms with Crippen LogP contribution in [0, 0.1) is 10.1 Å². The zero-order chi connectivity index (χ0) is 10.9. The normalized spacial score (nSPS) is 11.9. The molecule has 0 radical (unpaired) electrons. The van der Waals surface area contributed by atoms with E-state index < -0.39 is 21.1 Å². The van der Waals surface area contributed by atoms with Crippen LogP contribution in [0.25, 0.3) is 0 Å². The molecule has 0 fully saturated rings. The zero-order valence-electron chi connectivity index (χ0n) is 7.48. The standard InChI is InChI=1S/C5H8N4O4S/c1-7(2)14(12,13)8-4-3-6-5(8)9(10)11/h3-4H,1-2H3. The molecule has 0 bridgehead atoms. The Morgan fingerprint density at radius 3 is 2.57 bits per heavy atom. The van der Waals surface area contributed by atoms with Gasteiger partial charge < -0.3 is 10.1 Å². The van der Waals surface area contributed by atoms with Crippen LogP contribution in [0.5, 0.6) is 0 Å². The first-order chi connectivity index (χ1) is 6.37. The van der Waals surface area contributed by atoms with Gasteiger partial charge in [-0.1, -0.05) is 4.98 Å². The highest BCUT2D eigenvalue weighted by Crippen LogP contribution is 2.12. The molecule has 1 rings (SSSR count). The number of rotatable bonds is 3. The van der Waals surface area contributed by atoms with Crippen LogP contribution < -0.4 is 0 Å². The summed E-state index contributed by atoms with van der Waals surface area (Å²) in [5.41, 5.74) is 0. The van der Waals surface area contributed by atoms with E-state index >= 15 is 0 Å². The van der Waals surface area contributed by atoms with Gasteiger partial charge in [-0.3, -0.25) is 0 Å². The van der Waals surface area contributed by atoms with Gasteiger partial charge in [0.25, 0.3) is 0 Å². The highest BCUT2D eigenvalue weighted by molar-refractivity contribution is 7.87. The predicted molar refractivity (Wildman–Crippen MR) is 46.9 cm³/mol. The van der Waals surface area contributed by atoms with Crippen LogP contribution in [0.4, 0.5) is 5.95 Å². The van der Waals surface area contributed by atoms with Crippen LogP contribution in [0.3, 0.4) is 0 Å². The van der Waals surface area contributed by atoms with E-state index in [4.69, 9.17) is 0 Å². The quantitative estimate of drug-likeness (QED) is 0.502. The molecule has 0 saturated carbocycles. The first-order valence-electron chi connectivity index (χ1n) is 3.48. The van der Waals surface area contributed by atoms with Crippen LogP contribution in [0.15, 0.2) is 12.4 Å². The molecule has 0 N–H and O–H groups in total. The van der Waals surface area contributed by atoms with Crippen molar-refractivity contribution < 1.29 is 13.3 Å². The fraction of sp³-hybridized carbons (Fsp3) is 0.400. The number of nitrogens with zero attached hydrogens (tertiary/aromatic N) is 4. The highest BCUT2D eigenvalue weighted by atomic mass is 32.2. The van der Waals surface area contributed by atoms with Crippen LogP contribution >= 0.6 is 0 Å². The summed E-state index contributed by atoms with van der Waals surface area (Å²) in [6.45, 7) is 0. The summed E-state index contributed by atoms with van der Waals surface area (Å²) < 4.78 is 24.3. The maximum atomic E-state index is 11.5. The molecular formula is C5H8N4O4S. The molecule has 14 heavy (non-hydrogen) atoms. The molecule has 0 unspecified atom stereocenters. The molecule has 0 aliphatic carbocycles. The molecule has 78 valence electrons. The Kier molecular flexibility index (Phi) is 2.53. The lowest BCUT2D eigenvalue weighted by Crippen LogP contribution is -2.29. The summed E-state index contributed by atoms with van der Waals surface area (Å²) in [5, 5.41) is 10.4. The van der Waals surface area contributed by atoms with Gasteiger partial charge in [-0.2, -0.15) is 12.7 Å². The van der Waals surface area contributed by atoms with Gasteiger partial charge in [-0.05, 0) is 4.92 Å². The summed E-state index contributed by atoms with van der Waals surface area (Å²) in [5.74, 6) is -0.723. The number of aromatic nitrogens is 2. The van der Waals surface area contributed by atoms with Crippen molar-refractivity contribution in [2.24, 2.45) is 0 Å². The molecule has 0 aliphatic heterocycles. The van der Waals surface area contributed by atoms with Crippen molar-refractivity contribution in [2.75, 3.05) is 14.1 Å². The number of hydrogen-bond donors (Lipinski definition) is 0. The van der Waals surface area contributed by atoms with Crippen LogP contribution in [-0.2, 0) is 10.2 Å². The SMILES string of the molecule is CN(C)S(=O)(=O)n1ccnc1[N+](=O)[O-]. The molecule has 1 aromatic rings. The van der Waals surface area contributed by atoms with E-state index in [1.54, 1.807) is 0 Å². The summed E-state index contributed by atoms with van der Waals surface area (Å²) in [4.78, 5) is 12.9. The minimum atomic E-state index is -3.86. The third-order valence-corrected chi connectivity index (χ3v) is 3.17. The van der Waals surface area contributed by atoms with Gasteiger partial charge in [0.1, 0.15) is 12.4 Å². The largest absolute Gasteiger partial charge is 0.450 e. The Balaban J connectivity index is 3.34. The number of nitro groups is 1. The van der Waals surface area contributed by atoms with E-state index in [-0.39, 0.29) is 0 Å². The lowest BCUT2D eigenvalue weighted by atomic mass is 11.0. The van der Waals surface area contributed by atoms with Crippen LogP contribution in [0.2, 0.25) is 0 Å². The summed E-state index contributed by atoms with van der Waals surface area (Å²) in [6, 6.07) is 0. The second-order valence-electron chi connectivity index (χ2n) is 2.57. The van der Waals surface area contributed by atoms with Crippen molar-refractivity contribution in [3.05, 3.63) is 22.5 Å². The minimum absolute atomic E-state index is 0.507. The Hall–Kier alpha value is -1.48. The number of imidazole rings is 1. The first-order valence-corrected chi connectivity index (χ1v) is 4.88.